The van der Waals surface area contributed by atoms with Crippen molar-refractivity contribution in [1.82, 2.24) is 9.88 Å². The van der Waals surface area contributed by atoms with Gasteiger partial charge in [0.1, 0.15) is 11.5 Å². The zero-order valence-electron chi connectivity index (χ0n) is 12.0. The summed E-state index contributed by atoms with van der Waals surface area (Å²) in [5, 5.41) is 3.10. The molecule has 6 heteroatoms. The van der Waals surface area contributed by atoms with Gasteiger partial charge in [-0.1, -0.05) is 0 Å². The van der Waals surface area contributed by atoms with Gasteiger partial charge in [0.25, 0.3) is 5.91 Å². The third-order valence-electron chi connectivity index (χ3n) is 3.41. The lowest BCUT2D eigenvalue weighted by molar-refractivity contribution is 0.0299. The third-order valence-corrected chi connectivity index (χ3v) is 3.41. The second-order valence-corrected chi connectivity index (χ2v) is 4.97. The van der Waals surface area contributed by atoms with Crippen LogP contribution < -0.4 is 5.32 Å². The Kier molecular flexibility index (Phi) is 4.29. The largest absolute Gasteiger partial charge is 0.378 e. The maximum Gasteiger partial charge on any atom is 0.272 e. The fraction of sp³-hybridized carbons (Fsp3) is 0.250. The van der Waals surface area contributed by atoms with E-state index in [1.165, 1.54) is 12.1 Å². The van der Waals surface area contributed by atoms with Crippen molar-refractivity contribution >= 4 is 17.3 Å². The fourth-order valence-corrected chi connectivity index (χ4v) is 2.22. The summed E-state index contributed by atoms with van der Waals surface area (Å²) in [5.74, 6) is -0.369. The molecule has 1 aromatic carbocycles. The second-order valence-electron chi connectivity index (χ2n) is 4.97. The Morgan fingerprint density at radius 1 is 1.09 bits per heavy atom. The third kappa shape index (κ3) is 3.40. The molecule has 0 unspecified atom stereocenters. The first-order valence-corrected chi connectivity index (χ1v) is 7.08. The molecule has 1 amide bonds. The maximum absolute atomic E-state index is 12.9. The van der Waals surface area contributed by atoms with Gasteiger partial charge in [0.2, 0.25) is 0 Å². The van der Waals surface area contributed by atoms with Crippen LogP contribution in [0.2, 0.25) is 0 Å². The smallest absolute Gasteiger partial charge is 0.272 e. The van der Waals surface area contributed by atoms with Crippen LogP contribution in [0.5, 0.6) is 0 Å². The molecule has 5 nitrogen and oxygen atoms in total. The highest BCUT2D eigenvalue weighted by molar-refractivity contribution is 5.92. The quantitative estimate of drug-likeness (QED) is 0.946. The van der Waals surface area contributed by atoms with Crippen molar-refractivity contribution in [3.8, 4) is 0 Å². The molecular weight excluding hydrogens is 285 g/mol. The number of hydrogen-bond acceptors (Lipinski definition) is 4. The highest BCUT2D eigenvalue weighted by Gasteiger charge is 2.19. The van der Waals surface area contributed by atoms with Crippen LogP contribution in [0.3, 0.4) is 0 Å². The van der Waals surface area contributed by atoms with E-state index >= 15 is 0 Å². The normalized spacial score (nSPS) is 14.7. The number of nitrogens with zero attached hydrogens (tertiary/aromatic N) is 2. The standard InChI is InChI=1S/C16H16FN3O2/c17-12-1-3-13(4-2-12)19-14-5-6-15(18-11-14)16(21)20-7-9-22-10-8-20/h1-6,11,19H,7-10H2. The Balaban J connectivity index is 1.66. The fourth-order valence-electron chi connectivity index (χ4n) is 2.22. The van der Waals surface area contributed by atoms with E-state index in [1.807, 2.05) is 0 Å². The van der Waals surface area contributed by atoms with Crippen molar-refractivity contribution in [3.63, 3.8) is 0 Å². The molecule has 0 aliphatic carbocycles. The van der Waals surface area contributed by atoms with Gasteiger partial charge in [0.15, 0.2) is 0 Å². The Morgan fingerprint density at radius 2 is 1.77 bits per heavy atom. The van der Waals surface area contributed by atoms with Crippen molar-refractivity contribution in [1.29, 1.82) is 0 Å². The number of pyridine rings is 1. The number of ether oxygens (including phenoxy) is 1. The van der Waals surface area contributed by atoms with E-state index < -0.39 is 0 Å². The minimum Gasteiger partial charge on any atom is -0.378 e. The molecule has 0 saturated carbocycles. The second kappa shape index (κ2) is 6.53. The molecule has 1 aromatic heterocycles. The van der Waals surface area contributed by atoms with Crippen LogP contribution in [0.4, 0.5) is 15.8 Å². The van der Waals surface area contributed by atoms with Crippen LogP contribution in [-0.4, -0.2) is 42.1 Å². The number of halogens is 1. The molecule has 0 atom stereocenters. The zero-order chi connectivity index (χ0) is 15.4. The van der Waals surface area contributed by atoms with E-state index in [0.29, 0.717) is 32.0 Å². The number of carbonyl (C=O) groups excluding carboxylic acids is 1. The van der Waals surface area contributed by atoms with Crippen molar-refractivity contribution in [2.45, 2.75) is 0 Å². The summed E-state index contributed by atoms with van der Waals surface area (Å²) < 4.78 is 18.1. The van der Waals surface area contributed by atoms with Crippen molar-refractivity contribution in [2.75, 3.05) is 31.6 Å². The van der Waals surface area contributed by atoms with E-state index in [0.717, 1.165) is 11.4 Å². The number of morpholine rings is 1. The minimum absolute atomic E-state index is 0.0865. The predicted molar refractivity (Wildman–Crippen MR) is 80.6 cm³/mol. The first-order chi connectivity index (χ1) is 10.7. The van der Waals surface area contributed by atoms with Crippen molar-refractivity contribution in [2.24, 2.45) is 0 Å². The average Bonchev–Trinajstić information content (AvgIpc) is 2.58. The minimum atomic E-state index is -0.282. The summed E-state index contributed by atoms with van der Waals surface area (Å²) in [4.78, 5) is 18.2. The highest BCUT2D eigenvalue weighted by Crippen LogP contribution is 2.16. The first-order valence-electron chi connectivity index (χ1n) is 7.08. The molecule has 1 N–H and O–H groups in total. The lowest BCUT2D eigenvalue weighted by atomic mass is 10.2. The molecule has 1 saturated heterocycles. The summed E-state index contributed by atoms with van der Waals surface area (Å²) in [6.07, 6.45) is 1.59. The van der Waals surface area contributed by atoms with E-state index in [2.05, 4.69) is 10.3 Å². The van der Waals surface area contributed by atoms with Crippen molar-refractivity contribution in [3.05, 3.63) is 54.1 Å². The number of anilines is 2. The zero-order valence-corrected chi connectivity index (χ0v) is 12.0. The van der Waals surface area contributed by atoms with Gasteiger partial charge < -0.3 is 15.0 Å². The Bertz CT molecular complexity index is 637. The maximum atomic E-state index is 12.9. The molecule has 1 aliphatic rings. The number of rotatable bonds is 3. The van der Waals surface area contributed by atoms with E-state index in [-0.39, 0.29) is 11.7 Å². The van der Waals surface area contributed by atoms with Gasteiger partial charge in [-0.15, -0.1) is 0 Å². The molecule has 3 rings (SSSR count). The first kappa shape index (κ1) is 14.5. The molecule has 0 spiro atoms. The summed E-state index contributed by atoms with van der Waals surface area (Å²) in [5.41, 5.74) is 1.91. The van der Waals surface area contributed by atoms with E-state index in [9.17, 15) is 9.18 Å². The predicted octanol–water partition coefficient (Wildman–Crippen LogP) is 2.44. The van der Waals surface area contributed by atoms with Crippen LogP contribution >= 0.6 is 0 Å². The van der Waals surface area contributed by atoms with Crippen molar-refractivity contribution < 1.29 is 13.9 Å². The van der Waals surface area contributed by atoms with Crippen LogP contribution in [0.15, 0.2) is 42.6 Å². The van der Waals surface area contributed by atoms with Gasteiger partial charge in [-0.2, -0.15) is 0 Å². The van der Waals surface area contributed by atoms with Crippen LogP contribution in [0, 0.1) is 5.82 Å². The lowest BCUT2D eigenvalue weighted by Crippen LogP contribution is -2.41. The molecule has 1 fully saturated rings. The van der Waals surface area contributed by atoms with Gasteiger partial charge >= 0.3 is 0 Å². The number of aromatic nitrogens is 1. The molecule has 22 heavy (non-hydrogen) atoms. The molecule has 1 aliphatic heterocycles. The number of amides is 1. The molecule has 0 bridgehead atoms. The number of benzene rings is 1. The van der Waals surface area contributed by atoms with E-state index in [1.54, 1.807) is 35.4 Å². The number of nitrogens with one attached hydrogen (secondary N) is 1. The summed E-state index contributed by atoms with van der Waals surface area (Å²) in [6, 6.07) is 9.51. The number of hydrogen-bond donors (Lipinski definition) is 1. The van der Waals surface area contributed by atoms with Gasteiger partial charge in [0.05, 0.1) is 25.1 Å². The summed E-state index contributed by atoms with van der Waals surface area (Å²) in [6.45, 7) is 2.32. The lowest BCUT2D eigenvalue weighted by Gasteiger charge is -2.26. The molecular formula is C16H16FN3O2. The molecule has 2 heterocycles. The Labute approximate surface area is 127 Å². The highest BCUT2D eigenvalue weighted by atomic mass is 19.1. The van der Waals surface area contributed by atoms with Crippen LogP contribution in [0.25, 0.3) is 0 Å². The molecule has 0 radical (unpaired) electrons. The average molecular weight is 301 g/mol. The van der Waals surface area contributed by atoms with Gasteiger partial charge in [0, 0.05) is 18.8 Å². The Hall–Kier alpha value is -2.47. The number of carbonyl (C=O) groups is 1. The summed E-state index contributed by atoms with van der Waals surface area (Å²) >= 11 is 0. The van der Waals surface area contributed by atoms with E-state index in [4.69, 9.17) is 4.74 Å². The van der Waals surface area contributed by atoms with Gasteiger partial charge in [-0.05, 0) is 36.4 Å². The SMILES string of the molecule is O=C(c1ccc(Nc2ccc(F)cc2)cn1)N1CCOCC1. The van der Waals surface area contributed by atoms with Gasteiger partial charge in [-0.3, -0.25) is 4.79 Å². The Morgan fingerprint density at radius 3 is 2.41 bits per heavy atom. The monoisotopic (exact) mass is 301 g/mol. The van der Waals surface area contributed by atoms with Gasteiger partial charge in [-0.25, -0.2) is 9.37 Å². The summed E-state index contributed by atoms with van der Waals surface area (Å²) in [7, 11) is 0. The van der Waals surface area contributed by atoms with Crippen LogP contribution in [-0.2, 0) is 4.74 Å². The topological polar surface area (TPSA) is 54.5 Å². The molecule has 2 aromatic rings. The molecule has 114 valence electrons. The van der Waals surface area contributed by atoms with Crippen LogP contribution in [0.1, 0.15) is 10.5 Å².